The van der Waals surface area contributed by atoms with Crippen LogP contribution in [0.1, 0.15) is 32.6 Å². The van der Waals surface area contributed by atoms with E-state index in [1.54, 1.807) is 18.3 Å². The van der Waals surface area contributed by atoms with Crippen LogP contribution >= 0.6 is 0 Å². The SMILES string of the molecule is C#CCOc1cc(C)c(Nc2ncc(C)c(Nc3ccc(C)cc3CC(=O)C=C)n2)cc1C(N)=O. The monoisotopic (exact) mass is 469 g/mol. The van der Waals surface area contributed by atoms with E-state index in [1.807, 2.05) is 39.0 Å². The lowest BCUT2D eigenvalue weighted by Gasteiger charge is -2.16. The van der Waals surface area contributed by atoms with Gasteiger partial charge in [-0.15, -0.1) is 6.42 Å². The van der Waals surface area contributed by atoms with Crippen molar-refractivity contribution < 1.29 is 14.3 Å². The Hall–Kier alpha value is -4.64. The molecule has 1 aromatic heterocycles. The molecule has 0 atom stereocenters. The van der Waals surface area contributed by atoms with Crippen molar-refractivity contribution in [2.24, 2.45) is 5.73 Å². The number of ether oxygens (including phenoxy) is 1. The highest BCUT2D eigenvalue weighted by atomic mass is 16.5. The van der Waals surface area contributed by atoms with Crippen molar-refractivity contribution in [3.63, 3.8) is 0 Å². The maximum absolute atomic E-state index is 12.0. The van der Waals surface area contributed by atoms with Crippen LogP contribution in [0.5, 0.6) is 5.75 Å². The predicted octanol–water partition coefficient (Wildman–Crippen LogP) is 4.30. The summed E-state index contributed by atoms with van der Waals surface area (Å²) < 4.78 is 5.45. The first-order valence-electron chi connectivity index (χ1n) is 10.8. The second-order valence-electron chi connectivity index (χ2n) is 8.00. The summed E-state index contributed by atoms with van der Waals surface area (Å²) in [6.07, 6.45) is 8.47. The summed E-state index contributed by atoms with van der Waals surface area (Å²) >= 11 is 0. The van der Waals surface area contributed by atoms with Crippen molar-refractivity contribution >= 4 is 34.8 Å². The first-order valence-corrected chi connectivity index (χ1v) is 10.8. The van der Waals surface area contributed by atoms with Gasteiger partial charge in [0.2, 0.25) is 5.95 Å². The Morgan fingerprint density at radius 2 is 1.91 bits per heavy atom. The zero-order chi connectivity index (χ0) is 25.5. The largest absolute Gasteiger partial charge is 0.480 e. The van der Waals surface area contributed by atoms with Gasteiger partial charge in [-0.25, -0.2) is 4.98 Å². The van der Waals surface area contributed by atoms with E-state index in [-0.39, 0.29) is 24.4 Å². The Kier molecular flexibility index (Phi) is 7.85. The molecule has 2 aromatic carbocycles. The van der Waals surface area contributed by atoms with Crippen LogP contribution in [0.3, 0.4) is 0 Å². The molecular weight excluding hydrogens is 442 g/mol. The van der Waals surface area contributed by atoms with Crippen molar-refractivity contribution in [3.05, 3.63) is 77.0 Å². The number of allylic oxidation sites excluding steroid dienone is 1. The summed E-state index contributed by atoms with van der Waals surface area (Å²) in [4.78, 5) is 32.9. The summed E-state index contributed by atoms with van der Waals surface area (Å²) in [5.41, 5.74) is 10.5. The fourth-order valence-corrected chi connectivity index (χ4v) is 3.37. The fourth-order valence-electron chi connectivity index (χ4n) is 3.37. The van der Waals surface area contributed by atoms with Gasteiger partial charge in [0, 0.05) is 29.6 Å². The van der Waals surface area contributed by atoms with Gasteiger partial charge in [0.1, 0.15) is 18.2 Å². The molecule has 0 bridgehead atoms. The number of carbonyl (C=O) groups excluding carboxylic acids is 2. The maximum atomic E-state index is 12.0. The lowest BCUT2D eigenvalue weighted by molar-refractivity contribution is -0.114. The van der Waals surface area contributed by atoms with E-state index in [1.165, 1.54) is 6.08 Å². The lowest BCUT2D eigenvalue weighted by Crippen LogP contribution is -2.14. The highest BCUT2D eigenvalue weighted by molar-refractivity contribution is 5.97. The summed E-state index contributed by atoms with van der Waals surface area (Å²) in [6, 6.07) is 9.09. The van der Waals surface area contributed by atoms with E-state index < -0.39 is 5.91 Å². The maximum Gasteiger partial charge on any atom is 0.252 e. The molecule has 0 aliphatic heterocycles. The lowest BCUT2D eigenvalue weighted by atomic mass is 10.0. The van der Waals surface area contributed by atoms with Gasteiger partial charge in [0.25, 0.3) is 5.91 Å². The Labute approximate surface area is 204 Å². The number of nitrogens with one attached hydrogen (secondary N) is 2. The molecule has 1 amide bonds. The van der Waals surface area contributed by atoms with Gasteiger partial charge in [0.15, 0.2) is 5.78 Å². The van der Waals surface area contributed by atoms with Crippen LogP contribution in [0.2, 0.25) is 0 Å². The van der Waals surface area contributed by atoms with E-state index in [0.717, 1.165) is 27.9 Å². The predicted molar refractivity (Wildman–Crippen MR) is 137 cm³/mol. The zero-order valence-corrected chi connectivity index (χ0v) is 19.9. The molecule has 35 heavy (non-hydrogen) atoms. The minimum Gasteiger partial charge on any atom is -0.480 e. The first kappa shape index (κ1) is 25.0. The number of hydrogen-bond acceptors (Lipinski definition) is 7. The number of aryl methyl sites for hydroxylation is 3. The number of carbonyl (C=O) groups is 2. The molecular formula is C27H27N5O3. The Bertz CT molecular complexity index is 1340. The highest BCUT2D eigenvalue weighted by Crippen LogP contribution is 2.29. The normalized spacial score (nSPS) is 10.2. The molecule has 0 aliphatic carbocycles. The third-order valence-corrected chi connectivity index (χ3v) is 5.23. The Morgan fingerprint density at radius 3 is 2.60 bits per heavy atom. The molecule has 4 N–H and O–H groups in total. The van der Waals surface area contributed by atoms with Crippen molar-refractivity contribution in [1.29, 1.82) is 0 Å². The van der Waals surface area contributed by atoms with Crippen molar-refractivity contribution in [2.75, 3.05) is 17.2 Å². The Morgan fingerprint density at radius 1 is 1.14 bits per heavy atom. The second kappa shape index (κ2) is 11.0. The van der Waals surface area contributed by atoms with Crippen LogP contribution in [0, 0.1) is 33.1 Å². The van der Waals surface area contributed by atoms with Gasteiger partial charge in [-0.2, -0.15) is 4.98 Å². The summed E-state index contributed by atoms with van der Waals surface area (Å²) in [5.74, 6) is 2.84. The van der Waals surface area contributed by atoms with E-state index in [2.05, 4.69) is 33.1 Å². The topological polar surface area (TPSA) is 119 Å². The Balaban J connectivity index is 1.92. The van der Waals surface area contributed by atoms with Crippen LogP contribution in [0.25, 0.3) is 0 Å². The summed E-state index contributed by atoms with van der Waals surface area (Å²) in [7, 11) is 0. The summed E-state index contributed by atoms with van der Waals surface area (Å²) in [5, 5.41) is 6.45. The molecule has 8 heteroatoms. The van der Waals surface area contributed by atoms with Crippen molar-refractivity contribution in [2.45, 2.75) is 27.2 Å². The molecule has 0 fully saturated rings. The molecule has 1 heterocycles. The minimum absolute atomic E-state index is 0.0159. The van der Waals surface area contributed by atoms with Crippen LogP contribution in [0.4, 0.5) is 23.1 Å². The van der Waals surface area contributed by atoms with E-state index in [4.69, 9.17) is 16.9 Å². The number of amides is 1. The molecule has 3 aromatic rings. The second-order valence-corrected chi connectivity index (χ2v) is 8.00. The number of hydrogen-bond donors (Lipinski definition) is 3. The van der Waals surface area contributed by atoms with E-state index in [9.17, 15) is 9.59 Å². The average Bonchev–Trinajstić information content (AvgIpc) is 2.82. The van der Waals surface area contributed by atoms with Crippen molar-refractivity contribution in [1.82, 2.24) is 9.97 Å². The van der Waals surface area contributed by atoms with Crippen LogP contribution in [-0.2, 0) is 11.2 Å². The molecule has 0 radical (unpaired) electrons. The molecule has 0 saturated heterocycles. The van der Waals surface area contributed by atoms with Gasteiger partial charge in [0.05, 0.1) is 5.56 Å². The number of rotatable bonds is 10. The van der Waals surface area contributed by atoms with Gasteiger partial charge in [-0.3, -0.25) is 9.59 Å². The van der Waals surface area contributed by atoms with Crippen LogP contribution < -0.4 is 21.1 Å². The smallest absolute Gasteiger partial charge is 0.252 e. The standard InChI is InChI=1S/C27H27N5O3/c1-6-10-35-24-12-17(4)23(14-21(24)25(28)34)31-27-29-15-18(5)26(32-27)30-22-9-8-16(3)11-19(22)13-20(33)7-2/h1,7-9,11-12,14-15H,2,10,13H2,3-5H3,(H2,28,34)(H2,29,30,31,32). The average molecular weight is 470 g/mol. The highest BCUT2D eigenvalue weighted by Gasteiger charge is 2.15. The van der Waals surface area contributed by atoms with Gasteiger partial charge in [-0.1, -0.05) is 30.2 Å². The molecule has 0 aliphatic rings. The number of primary amides is 1. The quantitative estimate of drug-likeness (QED) is 0.299. The molecule has 8 nitrogen and oxygen atoms in total. The third-order valence-electron chi connectivity index (χ3n) is 5.23. The van der Waals surface area contributed by atoms with Gasteiger partial charge >= 0.3 is 0 Å². The summed E-state index contributed by atoms with van der Waals surface area (Å²) in [6.45, 7) is 9.27. The van der Waals surface area contributed by atoms with Crippen LogP contribution in [-0.4, -0.2) is 28.3 Å². The van der Waals surface area contributed by atoms with Gasteiger partial charge < -0.3 is 21.1 Å². The van der Waals surface area contributed by atoms with Gasteiger partial charge in [-0.05, 0) is 56.2 Å². The number of nitrogens with zero attached hydrogens (tertiary/aromatic N) is 2. The van der Waals surface area contributed by atoms with E-state index >= 15 is 0 Å². The number of anilines is 4. The molecule has 178 valence electrons. The van der Waals surface area contributed by atoms with Crippen LogP contribution in [0.15, 0.2) is 49.2 Å². The van der Waals surface area contributed by atoms with E-state index in [0.29, 0.717) is 23.2 Å². The number of benzene rings is 2. The number of ketones is 1. The first-order chi connectivity index (χ1) is 16.7. The number of aromatic nitrogens is 2. The number of terminal acetylenes is 1. The zero-order valence-electron chi connectivity index (χ0n) is 19.9. The third kappa shape index (κ3) is 6.24. The number of nitrogens with two attached hydrogens (primary N) is 1. The molecule has 0 spiro atoms. The fraction of sp³-hybridized carbons (Fsp3) is 0.185. The minimum atomic E-state index is -0.645. The van der Waals surface area contributed by atoms with Crippen molar-refractivity contribution in [3.8, 4) is 18.1 Å². The molecule has 0 unspecified atom stereocenters. The molecule has 3 rings (SSSR count). The molecule has 0 saturated carbocycles.